The molecule has 1 heterocycles. The van der Waals surface area contributed by atoms with Crippen LogP contribution >= 0.6 is 0 Å². The van der Waals surface area contributed by atoms with Gasteiger partial charge in [-0.05, 0) is 154 Å². The maximum Gasteiger partial charge on any atom is 0.143 e. The lowest BCUT2D eigenvalue weighted by Gasteiger charge is -2.27. The third-order valence-corrected chi connectivity index (χ3v) is 14.6. The first kappa shape index (κ1) is 41.5. The summed E-state index contributed by atoms with van der Waals surface area (Å²) in [6.45, 7) is 0. The number of nitrogens with zero attached hydrogens (tertiary/aromatic N) is 1. The van der Waals surface area contributed by atoms with Gasteiger partial charge in [-0.1, -0.05) is 212 Å². The first-order valence-electron chi connectivity index (χ1n) is 24.7. The topological polar surface area (TPSA) is 16.4 Å². The number of fused-ring (bicyclic) bond motifs is 9. The van der Waals surface area contributed by atoms with Crippen molar-refractivity contribution in [3.05, 3.63) is 273 Å². The molecular formula is C70H45NO. The van der Waals surface area contributed by atoms with Crippen LogP contribution in [0.2, 0.25) is 0 Å². The molecule has 0 aliphatic rings. The molecule has 2 nitrogen and oxygen atoms in total. The van der Waals surface area contributed by atoms with E-state index < -0.39 is 0 Å². The van der Waals surface area contributed by atoms with E-state index in [1.54, 1.807) is 0 Å². The Morgan fingerprint density at radius 2 is 0.764 bits per heavy atom. The van der Waals surface area contributed by atoms with Gasteiger partial charge in [0.2, 0.25) is 0 Å². The summed E-state index contributed by atoms with van der Waals surface area (Å²) >= 11 is 0. The number of hydrogen-bond donors (Lipinski definition) is 0. The summed E-state index contributed by atoms with van der Waals surface area (Å²) in [5.74, 6) is 0. The van der Waals surface area contributed by atoms with Gasteiger partial charge in [0, 0.05) is 33.2 Å². The standard InChI is InChI=1S/C70H45NO/c1-3-18-49(19-4-1)67-63-29-12-11-28-61(63)62-40-37-54(45-65(62)68(67)50-20-5-2-6-21-50)47-34-38-56(39-35-47)71(57-25-13-23-52(43-57)53-33-32-46-16-7-8-22-51(46)42-53)58-26-14-24-55(44-58)59-30-15-31-66-69(59)64-41-36-48-17-9-10-27-60(48)70(64)72-66/h1-45H. The Labute approximate surface area is 417 Å². The SMILES string of the molecule is c1ccc(-c2c(-c3ccccc3)c3cc(-c4ccc(N(c5cccc(-c6ccc7ccccc7c6)c5)c5cccc(-c6cccc7oc8c9ccccc9ccc8c67)c5)cc4)ccc3c3ccccc23)cc1. The van der Waals surface area contributed by atoms with Gasteiger partial charge in [-0.25, -0.2) is 0 Å². The van der Waals surface area contributed by atoms with E-state index in [2.05, 4.69) is 278 Å². The van der Waals surface area contributed by atoms with E-state index in [4.69, 9.17) is 4.42 Å². The fourth-order valence-electron chi connectivity index (χ4n) is 11.2. The van der Waals surface area contributed by atoms with Crippen molar-refractivity contribution in [3.63, 3.8) is 0 Å². The Balaban J connectivity index is 0.923. The highest BCUT2D eigenvalue weighted by Crippen LogP contribution is 2.47. The second-order valence-electron chi connectivity index (χ2n) is 18.8. The second kappa shape index (κ2) is 17.2. The Kier molecular flexibility index (Phi) is 9.89. The van der Waals surface area contributed by atoms with E-state index >= 15 is 0 Å². The molecular weight excluding hydrogens is 871 g/mol. The molecule has 336 valence electrons. The van der Waals surface area contributed by atoms with Gasteiger partial charge in [0.25, 0.3) is 0 Å². The summed E-state index contributed by atoms with van der Waals surface area (Å²) in [6.07, 6.45) is 0. The molecule has 0 unspecified atom stereocenters. The smallest absolute Gasteiger partial charge is 0.143 e. The van der Waals surface area contributed by atoms with E-state index in [-0.39, 0.29) is 0 Å². The van der Waals surface area contributed by atoms with Crippen LogP contribution in [-0.2, 0) is 0 Å². The van der Waals surface area contributed by atoms with Gasteiger partial charge in [-0.3, -0.25) is 0 Å². The zero-order valence-corrected chi connectivity index (χ0v) is 39.3. The molecule has 0 aliphatic carbocycles. The van der Waals surface area contributed by atoms with Gasteiger partial charge < -0.3 is 9.32 Å². The molecule has 1 aromatic heterocycles. The largest absolute Gasteiger partial charge is 0.455 e. The lowest BCUT2D eigenvalue weighted by molar-refractivity contribution is 0.673. The minimum atomic E-state index is 0.883. The van der Waals surface area contributed by atoms with Crippen LogP contribution in [0.4, 0.5) is 17.1 Å². The zero-order valence-electron chi connectivity index (χ0n) is 39.3. The lowest BCUT2D eigenvalue weighted by atomic mass is 9.84. The second-order valence-corrected chi connectivity index (χ2v) is 18.8. The summed E-state index contributed by atoms with van der Waals surface area (Å²) in [5, 5.41) is 12.0. The number of anilines is 3. The van der Waals surface area contributed by atoms with Gasteiger partial charge in [0.05, 0.1) is 0 Å². The van der Waals surface area contributed by atoms with E-state index in [9.17, 15) is 0 Å². The van der Waals surface area contributed by atoms with Crippen molar-refractivity contribution in [1.82, 2.24) is 0 Å². The zero-order chi connectivity index (χ0) is 47.5. The molecule has 72 heavy (non-hydrogen) atoms. The Bertz CT molecular complexity index is 4380. The van der Waals surface area contributed by atoms with Crippen molar-refractivity contribution >= 4 is 82.1 Å². The van der Waals surface area contributed by atoms with Crippen LogP contribution in [0, 0.1) is 0 Å². The molecule has 14 rings (SSSR count). The van der Waals surface area contributed by atoms with E-state index in [1.165, 1.54) is 71.1 Å². The molecule has 14 aromatic rings. The normalized spacial score (nSPS) is 11.6. The maximum absolute atomic E-state index is 6.66. The fraction of sp³-hybridized carbons (Fsp3) is 0. The molecule has 0 atom stereocenters. The highest BCUT2D eigenvalue weighted by molar-refractivity contribution is 6.22. The number of furan rings is 1. The monoisotopic (exact) mass is 915 g/mol. The van der Waals surface area contributed by atoms with E-state index in [0.29, 0.717) is 0 Å². The van der Waals surface area contributed by atoms with Crippen LogP contribution < -0.4 is 4.90 Å². The van der Waals surface area contributed by atoms with Gasteiger partial charge in [-0.2, -0.15) is 0 Å². The van der Waals surface area contributed by atoms with Crippen molar-refractivity contribution in [1.29, 1.82) is 0 Å². The van der Waals surface area contributed by atoms with Crippen LogP contribution in [0.25, 0.3) is 121 Å². The maximum atomic E-state index is 6.66. The summed E-state index contributed by atoms with van der Waals surface area (Å²) in [4.78, 5) is 2.39. The molecule has 13 aromatic carbocycles. The van der Waals surface area contributed by atoms with Gasteiger partial charge in [0.15, 0.2) is 0 Å². The van der Waals surface area contributed by atoms with Crippen LogP contribution in [0.15, 0.2) is 277 Å². The van der Waals surface area contributed by atoms with Gasteiger partial charge in [-0.15, -0.1) is 0 Å². The molecule has 0 aliphatic heterocycles. The van der Waals surface area contributed by atoms with Crippen molar-refractivity contribution in [3.8, 4) is 55.6 Å². The van der Waals surface area contributed by atoms with Crippen molar-refractivity contribution in [2.24, 2.45) is 0 Å². The van der Waals surface area contributed by atoms with Crippen LogP contribution in [0.1, 0.15) is 0 Å². The summed E-state index contributed by atoms with van der Waals surface area (Å²) < 4.78 is 6.66. The first-order chi connectivity index (χ1) is 35.7. The van der Waals surface area contributed by atoms with Crippen LogP contribution in [-0.4, -0.2) is 0 Å². The summed E-state index contributed by atoms with van der Waals surface area (Å²) in [6, 6.07) is 99.3. The molecule has 0 saturated carbocycles. The predicted molar refractivity (Wildman–Crippen MR) is 306 cm³/mol. The quantitative estimate of drug-likeness (QED) is 0.141. The van der Waals surface area contributed by atoms with Crippen molar-refractivity contribution < 1.29 is 4.42 Å². The number of benzene rings is 13. The molecule has 0 radical (unpaired) electrons. The molecule has 0 saturated heterocycles. The average Bonchev–Trinajstić information content (AvgIpc) is 3.85. The van der Waals surface area contributed by atoms with E-state index in [0.717, 1.165) is 66.6 Å². The average molecular weight is 916 g/mol. The molecule has 0 amide bonds. The lowest BCUT2D eigenvalue weighted by Crippen LogP contribution is -2.10. The predicted octanol–water partition coefficient (Wildman–Crippen LogP) is 20.0. The Hall–Kier alpha value is -9.50. The third kappa shape index (κ3) is 7.03. The van der Waals surface area contributed by atoms with Crippen LogP contribution in [0.5, 0.6) is 0 Å². The minimum Gasteiger partial charge on any atom is -0.455 e. The minimum absolute atomic E-state index is 0.883. The number of hydrogen-bond acceptors (Lipinski definition) is 2. The highest BCUT2D eigenvalue weighted by Gasteiger charge is 2.21. The van der Waals surface area contributed by atoms with E-state index in [1.807, 2.05) is 0 Å². The van der Waals surface area contributed by atoms with Crippen LogP contribution in [0.3, 0.4) is 0 Å². The fourth-order valence-corrected chi connectivity index (χ4v) is 11.2. The molecule has 0 bridgehead atoms. The molecule has 0 fully saturated rings. The van der Waals surface area contributed by atoms with Crippen molar-refractivity contribution in [2.75, 3.05) is 4.90 Å². The Morgan fingerprint density at radius 3 is 1.53 bits per heavy atom. The number of rotatable bonds is 8. The highest BCUT2D eigenvalue weighted by atomic mass is 16.3. The molecule has 0 spiro atoms. The summed E-state index contributed by atoms with van der Waals surface area (Å²) in [7, 11) is 0. The molecule has 0 N–H and O–H groups in total. The van der Waals surface area contributed by atoms with Gasteiger partial charge in [0.1, 0.15) is 11.2 Å². The first-order valence-corrected chi connectivity index (χ1v) is 24.7. The summed E-state index contributed by atoms with van der Waals surface area (Å²) in [5.41, 5.74) is 16.8. The Morgan fingerprint density at radius 1 is 0.250 bits per heavy atom. The van der Waals surface area contributed by atoms with Crippen molar-refractivity contribution in [2.45, 2.75) is 0 Å². The third-order valence-electron chi connectivity index (χ3n) is 14.6. The van der Waals surface area contributed by atoms with Gasteiger partial charge >= 0.3 is 0 Å². The molecule has 2 heteroatoms.